The maximum atomic E-state index is 6.12. The van der Waals surface area contributed by atoms with Crippen molar-refractivity contribution >= 4 is 0 Å². The van der Waals surface area contributed by atoms with Crippen molar-refractivity contribution in [3.05, 3.63) is 0 Å². The van der Waals surface area contributed by atoms with Crippen molar-refractivity contribution in [1.82, 2.24) is 4.90 Å². The topological polar surface area (TPSA) is 29.3 Å². The van der Waals surface area contributed by atoms with Gasteiger partial charge in [0.15, 0.2) is 0 Å². The summed E-state index contributed by atoms with van der Waals surface area (Å²) in [6.45, 7) is 13.0. The highest BCUT2D eigenvalue weighted by Crippen LogP contribution is 2.24. The highest BCUT2D eigenvalue weighted by atomic mass is 15.1. The molecule has 0 bridgehead atoms. The first-order valence-corrected chi connectivity index (χ1v) is 7.48. The average molecular weight is 240 g/mol. The van der Waals surface area contributed by atoms with E-state index >= 15 is 0 Å². The van der Waals surface area contributed by atoms with E-state index in [0.717, 1.165) is 18.3 Å². The minimum absolute atomic E-state index is 0.374. The van der Waals surface area contributed by atoms with E-state index in [9.17, 15) is 0 Å². The molecule has 2 heteroatoms. The fourth-order valence-corrected chi connectivity index (χ4v) is 2.74. The predicted octanol–water partition coefficient (Wildman–Crippen LogP) is 3.12. The van der Waals surface area contributed by atoms with Gasteiger partial charge < -0.3 is 10.6 Å². The Morgan fingerprint density at radius 1 is 1.12 bits per heavy atom. The van der Waals surface area contributed by atoms with Crippen LogP contribution in [-0.4, -0.2) is 30.6 Å². The average Bonchev–Trinajstić information content (AvgIpc) is 2.50. The molecule has 0 radical (unpaired) electrons. The van der Waals surface area contributed by atoms with E-state index in [1.54, 1.807) is 0 Å². The molecule has 0 aromatic carbocycles. The van der Waals surface area contributed by atoms with Crippen LogP contribution >= 0.6 is 0 Å². The lowest BCUT2D eigenvalue weighted by Gasteiger charge is -2.24. The Balaban J connectivity index is 2.27. The third-order valence-corrected chi connectivity index (χ3v) is 4.44. The van der Waals surface area contributed by atoms with Gasteiger partial charge in [0.25, 0.3) is 0 Å². The minimum Gasteiger partial charge on any atom is -0.327 e. The van der Waals surface area contributed by atoms with Gasteiger partial charge in [-0.1, -0.05) is 27.7 Å². The van der Waals surface area contributed by atoms with Gasteiger partial charge in [-0.25, -0.2) is 0 Å². The molecule has 1 saturated heterocycles. The molecule has 0 aromatic rings. The Bertz CT molecular complexity index is 201. The lowest BCUT2D eigenvalue weighted by atomic mass is 9.89. The second kappa shape index (κ2) is 7.38. The molecule has 1 fully saturated rings. The first-order valence-electron chi connectivity index (χ1n) is 7.48. The number of hydrogen-bond donors (Lipinski definition) is 1. The van der Waals surface area contributed by atoms with Crippen LogP contribution in [0.2, 0.25) is 0 Å². The molecule has 17 heavy (non-hydrogen) atoms. The Hall–Kier alpha value is -0.0800. The van der Waals surface area contributed by atoms with Crippen LogP contribution in [0.15, 0.2) is 0 Å². The van der Waals surface area contributed by atoms with Crippen LogP contribution in [-0.2, 0) is 0 Å². The van der Waals surface area contributed by atoms with E-state index in [1.165, 1.54) is 38.9 Å². The monoisotopic (exact) mass is 240 g/mol. The van der Waals surface area contributed by atoms with Gasteiger partial charge in [0.1, 0.15) is 0 Å². The molecule has 2 atom stereocenters. The number of rotatable bonds is 5. The fraction of sp³-hybridized carbons (Fsp3) is 1.00. The van der Waals surface area contributed by atoms with Crippen LogP contribution in [0.4, 0.5) is 0 Å². The maximum absolute atomic E-state index is 6.12. The van der Waals surface area contributed by atoms with Gasteiger partial charge in [-0.15, -0.1) is 0 Å². The summed E-state index contributed by atoms with van der Waals surface area (Å²) >= 11 is 0. The Morgan fingerprint density at radius 2 is 1.82 bits per heavy atom. The summed E-state index contributed by atoms with van der Waals surface area (Å²) < 4.78 is 0. The molecular formula is C15H32N2. The quantitative estimate of drug-likeness (QED) is 0.800. The van der Waals surface area contributed by atoms with Gasteiger partial charge in [-0.05, 0) is 63.1 Å². The SMILES string of the molecule is CC(C)C(N)CCN1CCCC(C(C)C)CC1. The highest BCUT2D eigenvalue weighted by molar-refractivity contribution is 4.74. The van der Waals surface area contributed by atoms with Crippen LogP contribution in [0.1, 0.15) is 53.4 Å². The van der Waals surface area contributed by atoms with Gasteiger partial charge >= 0.3 is 0 Å². The zero-order valence-corrected chi connectivity index (χ0v) is 12.3. The van der Waals surface area contributed by atoms with E-state index in [2.05, 4.69) is 32.6 Å². The van der Waals surface area contributed by atoms with E-state index in [1.807, 2.05) is 0 Å². The van der Waals surface area contributed by atoms with Crippen LogP contribution < -0.4 is 5.73 Å². The van der Waals surface area contributed by atoms with Gasteiger partial charge in [-0.3, -0.25) is 0 Å². The van der Waals surface area contributed by atoms with Gasteiger partial charge in [-0.2, -0.15) is 0 Å². The molecule has 0 aliphatic carbocycles. The molecule has 1 aliphatic rings. The highest BCUT2D eigenvalue weighted by Gasteiger charge is 2.19. The first kappa shape index (κ1) is 15.0. The maximum Gasteiger partial charge on any atom is 0.00740 e. The van der Waals surface area contributed by atoms with Crippen molar-refractivity contribution in [2.45, 2.75) is 59.4 Å². The van der Waals surface area contributed by atoms with Crippen molar-refractivity contribution in [2.75, 3.05) is 19.6 Å². The Labute approximate surface area is 108 Å². The van der Waals surface area contributed by atoms with Crippen molar-refractivity contribution in [1.29, 1.82) is 0 Å². The van der Waals surface area contributed by atoms with Crippen molar-refractivity contribution < 1.29 is 0 Å². The van der Waals surface area contributed by atoms with E-state index in [0.29, 0.717) is 12.0 Å². The van der Waals surface area contributed by atoms with Crippen molar-refractivity contribution in [2.24, 2.45) is 23.5 Å². The molecule has 0 aromatic heterocycles. The molecule has 2 N–H and O–H groups in total. The lowest BCUT2D eigenvalue weighted by molar-refractivity contribution is 0.254. The summed E-state index contributed by atoms with van der Waals surface area (Å²) in [7, 11) is 0. The van der Waals surface area contributed by atoms with E-state index in [-0.39, 0.29) is 0 Å². The second-order valence-corrected chi connectivity index (χ2v) is 6.47. The summed E-state index contributed by atoms with van der Waals surface area (Å²) in [5.41, 5.74) is 6.12. The summed E-state index contributed by atoms with van der Waals surface area (Å²) in [5, 5.41) is 0. The molecule has 1 rings (SSSR count). The van der Waals surface area contributed by atoms with E-state index < -0.39 is 0 Å². The van der Waals surface area contributed by atoms with E-state index in [4.69, 9.17) is 5.73 Å². The molecule has 0 saturated carbocycles. The predicted molar refractivity (Wildman–Crippen MR) is 76.0 cm³/mol. The third kappa shape index (κ3) is 5.39. The van der Waals surface area contributed by atoms with Crippen LogP contribution in [0.25, 0.3) is 0 Å². The molecule has 0 amide bonds. The van der Waals surface area contributed by atoms with Crippen LogP contribution in [0.3, 0.4) is 0 Å². The number of likely N-dealkylation sites (tertiary alicyclic amines) is 1. The molecular weight excluding hydrogens is 208 g/mol. The zero-order chi connectivity index (χ0) is 12.8. The number of hydrogen-bond acceptors (Lipinski definition) is 2. The normalized spacial score (nSPS) is 25.2. The summed E-state index contributed by atoms with van der Waals surface area (Å²) in [5.74, 6) is 2.41. The van der Waals surface area contributed by atoms with Crippen molar-refractivity contribution in [3.63, 3.8) is 0 Å². The summed E-state index contributed by atoms with van der Waals surface area (Å²) in [6.07, 6.45) is 5.34. The fourth-order valence-electron chi connectivity index (χ4n) is 2.74. The van der Waals surface area contributed by atoms with Crippen molar-refractivity contribution in [3.8, 4) is 0 Å². The smallest absolute Gasteiger partial charge is 0.00740 e. The number of nitrogens with zero attached hydrogens (tertiary/aromatic N) is 1. The largest absolute Gasteiger partial charge is 0.327 e. The zero-order valence-electron chi connectivity index (χ0n) is 12.3. The molecule has 1 aliphatic heterocycles. The summed E-state index contributed by atoms with van der Waals surface area (Å²) in [4.78, 5) is 2.63. The van der Waals surface area contributed by atoms with Crippen LogP contribution in [0.5, 0.6) is 0 Å². The molecule has 2 unspecified atom stereocenters. The summed E-state index contributed by atoms with van der Waals surface area (Å²) in [6, 6.07) is 0.374. The standard InChI is InChI=1S/C15H32N2/c1-12(2)14-6-5-9-17(10-7-14)11-8-15(16)13(3)4/h12-15H,5-11,16H2,1-4H3. The van der Waals surface area contributed by atoms with Gasteiger partial charge in [0.2, 0.25) is 0 Å². The second-order valence-electron chi connectivity index (χ2n) is 6.47. The first-order chi connectivity index (χ1) is 8.00. The molecule has 0 spiro atoms. The molecule has 1 heterocycles. The minimum atomic E-state index is 0.374. The number of nitrogens with two attached hydrogens (primary N) is 1. The Kier molecular flexibility index (Phi) is 6.50. The lowest BCUT2D eigenvalue weighted by Crippen LogP contribution is -2.34. The third-order valence-electron chi connectivity index (χ3n) is 4.44. The van der Waals surface area contributed by atoms with Gasteiger partial charge in [0, 0.05) is 6.04 Å². The molecule has 102 valence electrons. The molecule has 2 nitrogen and oxygen atoms in total. The van der Waals surface area contributed by atoms with Gasteiger partial charge in [0.05, 0.1) is 0 Å². The van der Waals surface area contributed by atoms with Crippen LogP contribution in [0, 0.1) is 17.8 Å². The Morgan fingerprint density at radius 3 is 2.41 bits per heavy atom.